The molecule has 0 radical (unpaired) electrons. The van der Waals surface area contributed by atoms with Crippen LogP contribution in [-0.2, 0) is 11.2 Å². The van der Waals surface area contributed by atoms with Gasteiger partial charge in [0.2, 0.25) is 0 Å². The quantitative estimate of drug-likeness (QED) is 0.813. The number of benzene rings is 1. The molecule has 1 N–H and O–H groups in total. The Kier molecular flexibility index (Phi) is 4.88. The van der Waals surface area contributed by atoms with Crippen molar-refractivity contribution in [1.29, 1.82) is 0 Å². The van der Waals surface area contributed by atoms with Crippen LogP contribution in [0, 0.1) is 11.7 Å². The van der Waals surface area contributed by atoms with Crippen molar-refractivity contribution in [1.82, 2.24) is 5.32 Å². The highest BCUT2D eigenvalue weighted by atomic mass is 19.1. The largest absolute Gasteiger partial charge is 0.316 e. The molecule has 2 rings (SSSR count). The molecule has 2 nitrogen and oxygen atoms in total. The molecule has 18 heavy (non-hydrogen) atoms. The molecule has 1 aromatic carbocycles. The topological polar surface area (TPSA) is 29.1 Å². The highest BCUT2D eigenvalue weighted by molar-refractivity contribution is 5.79. The van der Waals surface area contributed by atoms with Crippen LogP contribution >= 0.6 is 0 Å². The molecule has 0 aromatic heterocycles. The van der Waals surface area contributed by atoms with E-state index in [1.54, 1.807) is 0 Å². The van der Waals surface area contributed by atoms with Crippen LogP contribution in [0.5, 0.6) is 0 Å². The molecule has 0 aliphatic heterocycles. The van der Waals surface area contributed by atoms with Crippen molar-refractivity contribution in [2.45, 2.75) is 32.1 Å². The zero-order chi connectivity index (χ0) is 12.8. The molecule has 0 heterocycles. The highest BCUT2D eigenvalue weighted by Gasteiger charge is 2.17. The van der Waals surface area contributed by atoms with Crippen LogP contribution in [-0.4, -0.2) is 18.9 Å². The van der Waals surface area contributed by atoms with Crippen LogP contribution in [0.4, 0.5) is 4.39 Å². The highest BCUT2D eigenvalue weighted by Crippen LogP contribution is 2.20. The maximum Gasteiger partial charge on any atom is 0.132 e. The van der Waals surface area contributed by atoms with Crippen molar-refractivity contribution < 1.29 is 9.18 Å². The third-order valence-corrected chi connectivity index (χ3v) is 3.60. The van der Waals surface area contributed by atoms with Gasteiger partial charge >= 0.3 is 0 Å². The number of hydrogen-bond acceptors (Lipinski definition) is 2. The minimum absolute atomic E-state index is 0.182. The second kappa shape index (κ2) is 6.64. The van der Waals surface area contributed by atoms with Crippen LogP contribution in [0.25, 0.3) is 0 Å². The maximum absolute atomic E-state index is 12.7. The van der Waals surface area contributed by atoms with Gasteiger partial charge in [-0.3, -0.25) is 4.79 Å². The van der Waals surface area contributed by atoms with Gasteiger partial charge in [-0.05, 0) is 56.0 Å². The molecule has 1 aromatic rings. The van der Waals surface area contributed by atoms with Crippen molar-refractivity contribution in [2.75, 3.05) is 13.1 Å². The lowest BCUT2D eigenvalue weighted by atomic mass is 9.88. The number of carbonyl (C=O) groups excluding carboxylic acids is 1. The van der Waals surface area contributed by atoms with Gasteiger partial charge in [-0.1, -0.05) is 12.1 Å². The van der Waals surface area contributed by atoms with Gasteiger partial charge in [0.15, 0.2) is 0 Å². The average Bonchev–Trinajstić information content (AvgIpc) is 2.39. The second-order valence-corrected chi connectivity index (χ2v) is 5.06. The fourth-order valence-electron chi connectivity index (χ4n) is 2.39. The Bertz CT molecular complexity index is 378. The molecule has 0 bridgehead atoms. The Balaban J connectivity index is 1.61. The fraction of sp³-hybridized carbons (Fsp3) is 0.533. The van der Waals surface area contributed by atoms with Gasteiger partial charge in [0.25, 0.3) is 0 Å². The number of carbonyl (C=O) groups is 1. The van der Waals surface area contributed by atoms with Crippen molar-refractivity contribution in [3.05, 3.63) is 35.6 Å². The number of nitrogens with one attached hydrogen (secondary N) is 1. The van der Waals surface area contributed by atoms with Gasteiger partial charge in [-0.25, -0.2) is 4.39 Å². The van der Waals surface area contributed by atoms with Crippen LogP contribution < -0.4 is 5.32 Å². The first-order valence-electron chi connectivity index (χ1n) is 6.71. The lowest BCUT2D eigenvalue weighted by Gasteiger charge is -2.21. The summed E-state index contributed by atoms with van der Waals surface area (Å²) in [5.74, 6) is 0.882. The SMILES string of the molecule is O=C1CCC(CNCCc2ccc(F)cc2)CC1. The number of Topliss-reactive ketones (excluding diaryl/α,β-unsaturated/α-hetero) is 1. The van der Waals surface area contributed by atoms with E-state index in [0.717, 1.165) is 50.8 Å². The monoisotopic (exact) mass is 249 g/mol. The van der Waals surface area contributed by atoms with Gasteiger partial charge in [-0.15, -0.1) is 0 Å². The van der Waals surface area contributed by atoms with E-state index in [1.807, 2.05) is 12.1 Å². The normalized spacial score (nSPS) is 17.1. The van der Waals surface area contributed by atoms with Crippen molar-refractivity contribution in [3.63, 3.8) is 0 Å². The van der Waals surface area contributed by atoms with Crippen LogP contribution in [0.15, 0.2) is 24.3 Å². The summed E-state index contributed by atoms with van der Waals surface area (Å²) in [6.07, 6.45) is 4.49. The zero-order valence-corrected chi connectivity index (χ0v) is 10.6. The van der Waals surface area contributed by atoms with Crippen LogP contribution in [0.3, 0.4) is 0 Å². The average molecular weight is 249 g/mol. The number of rotatable bonds is 5. The van der Waals surface area contributed by atoms with Gasteiger partial charge in [0.1, 0.15) is 11.6 Å². The molecular weight excluding hydrogens is 229 g/mol. The number of ketones is 1. The third-order valence-electron chi connectivity index (χ3n) is 3.60. The molecule has 0 saturated heterocycles. The smallest absolute Gasteiger partial charge is 0.132 e. The van der Waals surface area contributed by atoms with Crippen LogP contribution in [0.2, 0.25) is 0 Å². The first-order valence-corrected chi connectivity index (χ1v) is 6.71. The Morgan fingerprint density at radius 1 is 1.17 bits per heavy atom. The molecule has 1 fully saturated rings. The summed E-state index contributed by atoms with van der Waals surface area (Å²) >= 11 is 0. The number of halogens is 1. The Morgan fingerprint density at radius 3 is 2.50 bits per heavy atom. The molecule has 0 atom stereocenters. The van der Waals surface area contributed by atoms with E-state index in [9.17, 15) is 9.18 Å². The first kappa shape index (κ1) is 13.2. The molecule has 0 unspecified atom stereocenters. The minimum atomic E-state index is -0.182. The van der Waals surface area contributed by atoms with E-state index in [4.69, 9.17) is 0 Å². The van der Waals surface area contributed by atoms with Gasteiger partial charge in [0, 0.05) is 12.8 Å². The molecule has 0 spiro atoms. The van der Waals surface area contributed by atoms with E-state index in [0.29, 0.717) is 11.7 Å². The van der Waals surface area contributed by atoms with Gasteiger partial charge in [-0.2, -0.15) is 0 Å². The van der Waals surface area contributed by atoms with Gasteiger partial charge in [0.05, 0.1) is 0 Å². The van der Waals surface area contributed by atoms with E-state index >= 15 is 0 Å². The molecule has 1 aliphatic carbocycles. The van der Waals surface area contributed by atoms with E-state index in [1.165, 1.54) is 12.1 Å². The molecule has 98 valence electrons. The van der Waals surface area contributed by atoms with Crippen molar-refractivity contribution in [3.8, 4) is 0 Å². The first-order chi connectivity index (χ1) is 8.74. The Labute approximate surface area is 108 Å². The summed E-state index contributed by atoms with van der Waals surface area (Å²) in [5.41, 5.74) is 1.16. The summed E-state index contributed by atoms with van der Waals surface area (Å²) in [5, 5.41) is 3.43. The second-order valence-electron chi connectivity index (χ2n) is 5.06. The summed E-state index contributed by atoms with van der Waals surface area (Å²) in [6, 6.07) is 6.66. The molecule has 0 amide bonds. The molecule has 3 heteroatoms. The lowest BCUT2D eigenvalue weighted by molar-refractivity contribution is -0.120. The van der Waals surface area contributed by atoms with Crippen molar-refractivity contribution >= 4 is 5.78 Å². The molecule has 1 saturated carbocycles. The summed E-state index contributed by atoms with van der Waals surface area (Å²) in [7, 11) is 0. The maximum atomic E-state index is 12.7. The third kappa shape index (κ3) is 4.22. The lowest BCUT2D eigenvalue weighted by Crippen LogP contribution is -2.28. The fourth-order valence-corrected chi connectivity index (χ4v) is 2.39. The van der Waals surface area contributed by atoms with Gasteiger partial charge < -0.3 is 5.32 Å². The zero-order valence-electron chi connectivity index (χ0n) is 10.6. The molecular formula is C15H20FNO. The minimum Gasteiger partial charge on any atom is -0.316 e. The Morgan fingerprint density at radius 2 is 1.83 bits per heavy atom. The van der Waals surface area contributed by atoms with Crippen LogP contribution in [0.1, 0.15) is 31.2 Å². The predicted octanol–water partition coefficient (Wildman–Crippen LogP) is 2.72. The van der Waals surface area contributed by atoms with E-state index < -0.39 is 0 Å². The van der Waals surface area contributed by atoms with E-state index in [2.05, 4.69) is 5.32 Å². The van der Waals surface area contributed by atoms with E-state index in [-0.39, 0.29) is 5.82 Å². The molecule has 1 aliphatic rings. The summed E-state index contributed by atoms with van der Waals surface area (Å²) < 4.78 is 12.7. The Hall–Kier alpha value is -1.22. The van der Waals surface area contributed by atoms with Crippen molar-refractivity contribution in [2.24, 2.45) is 5.92 Å². The predicted molar refractivity (Wildman–Crippen MR) is 69.9 cm³/mol. The summed E-state index contributed by atoms with van der Waals surface area (Å²) in [4.78, 5) is 11.1. The summed E-state index contributed by atoms with van der Waals surface area (Å²) in [6.45, 7) is 1.91. The number of hydrogen-bond donors (Lipinski definition) is 1. The standard InChI is InChI=1S/C15H20FNO/c16-14-5-1-12(2-6-14)9-10-17-11-13-3-7-15(18)8-4-13/h1-2,5-6,13,17H,3-4,7-11H2.